The molecule has 0 amide bonds. The molecule has 3 rings (SSSR count). The van der Waals surface area contributed by atoms with E-state index >= 15 is 0 Å². The van der Waals surface area contributed by atoms with E-state index in [0.29, 0.717) is 12.6 Å². The number of hydrogen-bond donors (Lipinski definition) is 2. The van der Waals surface area contributed by atoms with E-state index in [9.17, 15) is 0 Å². The zero-order valence-corrected chi connectivity index (χ0v) is 19.2. The molecule has 2 atom stereocenters. The van der Waals surface area contributed by atoms with Crippen molar-refractivity contribution in [3.8, 4) is 11.5 Å². The number of aliphatic imine (C=N–C) groups is 1. The number of nitrogens with zero attached hydrogens (tertiary/aromatic N) is 3. The van der Waals surface area contributed by atoms with Crippen molar-refractivity contribution < 1.29 is 13.9 Å². The Morgan fingerprint density at radius 3 is 2.58 bits per heavy atom. The average molecular weight is 430 g/mol. The molecule has 2 heterocycles. The highest BCUT2D eigenvalue weighted by Gasteiger charge is 2.25. The first kappa shape index (κ1) is 22.8. The summed E-state index contributed by atoms with van der Waals surface area (Å²) in [7, 11) is 7.44. The summed E-state index contributed by atoms with van der Waals surface area (Å²) in [6, 6.07) is 10.3. The number of rotatable bonds is 9. The molecule has 1 aliphatic heterocycles. The lowest BCUT2D eigenvalue weighted by atomic mass is 10.2. The molecule has 31 heavy (non-hydrogen) atoms. The highest BCUT2D eigenvalue weighted by molar-refractivity contribution is 5.80. The number of likely N-dealkylation sites (N-methyl/N-ethyl adjacent to an activating group) is 1. The predicted molar refractivity (Wildman–Crippen MR) is 124 cm³/mol. The molecule has 0 aliphatic carbocycles. The van der Waals surface area contributed by atoms with Crippen LogP contribution in [0.2, 0.25) is 0 Å². The SMILES string of the molecule is CCNC(=NCC(c1ccco1)N(C)C)NC1CCN(c2cc(OC)cc(OC)c2)C1. The topological polar surface area (TPSA) is 74.5 Å². The monoisotopic (exact) mass is 429 g/mol. The Hall–Kier alpha value is -2.87. The molecule has 1 fully saturated rings. The first-order valence-corrected chi connectivity index (χ1v) is 10.8. The van der Waals surface area contributed by atoms with Crippen molar-refractivity contribution in [3.05, 3.63) is 42.4 Å². The van der Waals surface area contributed by atoms with Crippen LogP contribution in [-0.2, 0) is 0 Å². The summed E-state index contributed by atoms with van der Waals surface area (Å²) < 4.78 is 16.4. The van der Waals surface area contributed by atoms with Crippen molar-refractivity contribution in [2.75, 3.05) is 59.4 Å². The van der Waals surface area contributed by atoms with Gasteiger partial charge in [0.1, 0.15) is 17.3 Å². The lowest BCUT2D eigenvalue weighted by Crippen LogP contribution is -2.45. The number of guanidine groups is 1. The quantitative estimate of drug-likeness (QED) is 0.469. The second-order valence-electron chi connectivity index (χ2n) is 7.86. The van der Waals surface area contributed by atoms with Crippen LogP contribution in [0, 0.1) is 0 Å². The molecule has 0 bridgehead atoms. The molecule has 8 heteroatoms. The number of methoxy groups -OCH3 is 2. The fraction of sp³-hybridized carbons (Fsp3) is 0.522. The molecule has 8 nitrogen and oxygen atoms in total. The van der Waals surface area contributed by atoms with Gasteiger partial charge >= 0.3 is 0 Å². The highest BCUT2D eigenvalue weighted by Crippen LogP contribution is 2.30. The van der Waals surface area contributed by atoms with Crippen LogP contribution in [0.4, 0.5) is 5.69 Å². The average Bonchev–Trinajstić information content (AvgIpc) is 3.46. The van der Waals surface area contributed by atoms with Crippen LogP contribution in [0.1, 0.15) is 25.1 Å². The summed E-state index contributed by atoms with van der Waals surface area (Å²) in [4.78, 5) is 9.31. The summed E-state index contributed by atoms with van der Waals surface area (Å²) in [5, 5.41) is 6.97. The second kappa shape index (κ2) is 10.9. The van der Waals surface area contributed by atoms with E-state index in [2.05, 4.69) is 39.5 Å². The van der Waals surface area contributed by atoms with Gasteiger partial charge in [-0.15, -0.1) is 0 Å². The van der Waals surface area contributed by atoms with Crippen molar-refractivity contribution in [2.45, 2.75) is 25.4 Å². The molecule has 2 N–H and O–H groups in total. The maximum atomic E-state index is 5.60. The minimum Gasteiger partial charge on any atom is -0.497 e. The first-order chi connectivity index (χ1) is 15.0. The Bertz CT molecular complexity index is 815. The highest BCUT2D eigenvalue weighted by atomic mass is 16.5. The van der Waals surface area contributed by atoms with Crippen LogP contribution >= 0.6 is 0 Å². The van der Waals surface area contributed by atoms with Crippen molar-refractivity contribution in [2.24, 2.45) is 4.99 Å². The van der Waals surface area contributed by atoms with Gasteiger partial charge in [-0.2, -0.15) is 0 Å². The van der Waals surface area contributed by atoms with Gasteiger partial charge in [0.15, 0.2) is 5.96 Å². The van der Waals surface area contributed by atoms with Gasteiger partial charge in [0.25, 0.3) is 0 Å². The Kier molecular flexibility index (Phi) is 8.06. The number of furan rings is 1. The Morgan fingerprint density at radius 1 is 1.26 bits per heavy atom. The van der Waals surface area contributed by atoms with Gasteiger partial charge in [-0.25, -0.2) is 0 Å². The summed E-state index contributed by atoms with van der Waals surface area (Å²) in [5.41, 5.74) is 1.10. The Labute approximate surface area is 185 Å². The number of nitrogens with one attached hydrogen (secondary N) is 2. The minimum absolute atomic E-state index is 0.0924. The van der Waals surface area contributed by atoms with Gasteiger partial charge in [-0.1, -0.05) is 0 Å². The third-order valence-corrected chi connectivity index (χ3v) is 5.49. The van der Waals surface area contributed by atoms with E-state index in [1.54, 1.807) is 20.5 Å². The van der Waals surface area contributed by atoms with E-state index < -0.39 is 0 Å². The third kappa shape index (κ3) is 6.07. The predicted octanol–water partition coefficient (Wildman–Crippen LogP) is 2.73. The molecule has 1 aliphatic rings. The molecule has 1 saturated heterocycles. The molecule has 2 unspecified atom stereocenters. The van der Waals surface area contributed by atoms with Crippen LogP contribution < -0.4 is 25.0 Å². The molecule has 2 aromatic rings. The van der Waals surface area contributed by atoms with Gasteiger partial charge in [-0.05, 0) is 39.6 Å². The summed E-state index contributed by atoms with van der Waals surface area (Å²) >= 11 is 0. The molecule has 0 spiro atoms. The van der Waals surface area contributed by atoms with Gasteiger partial charge in [-0.3, -0.25) is 9.89 Å². The number of ether oxygens (including phenoxy) is 2. The lowest BCUT2D eigenvalue weighted by molar-refractivity contribution is 0.265. The van der Waals surface area contributed by atoms with Crippen LogP contribution in [0.5, 0.6) is 11.5 Å². The number of benzene rings is 1. The van der Waals surface area contributed by atoms with Crippen LogP contribution in [0.3, 0.4) is 0 Å². The largest absolute Gasteiger partial charge is 0.497 e. The fourth-order valence-electron chi connectivity index (χ4n) is 3.77. The summed E-state index contributed by atoms with van der Waals surface area (Å²) in [6.45, 7) is 5.34. The van der Waals surface area contributed by atoms with Gasteiger partial charge < -0.3 is 29.4 Å². The normalized spacial score (nSPS) is 17.7. The molecule has 170 valence electrons. The number of anilines is 1. The fourth-order valence-corrected chi connectivity index (χ4v) is 3.77. The lowest BCUT2D eigenvalue weighted by Gasteiger charge is -2.23. The van der Waals surface area contributed by atoms with Gasteiger partial charge in [0.2, 0.25) is 0 Å². The molecular formula is C23H35N5O3. The Balaban J connectivity index is 1.65. The van der Waals surface area contributed by atoms with E-state index in [-0.39, 0.29) is 6.04 Å². The maximum absolute atomic E-state index is 5.60. The summed E-state index contributed by atoms with van der Waals surface area (Å²) in [5.74, 6) is 3.35. The van der Waals surface area contributed by atoms with E-state index in [0.717, 1.165) is 55.0 Å². The summed E-state index contributed by atoms with van der Waals surface area (Å²) in [6.07, 6.45) is 2.74. The molecular weight excluding hydrogens is 394 g/mol. The van der Waals surface area contributed by atoms with Crippen LogP contribution in [0.25, 0.3) is 0 Å². The molecule has 1 aromatic heterocycles. The zero-order chi connectivity index (χ0) is 22.2. The number of hydrogen-bond acceptors (Lipinski definition) is 6. The van der Waals surface area contributed by atoms with Crippen LogP contribution in [0.15, 0.2) is 46.0 Å². The third-order valence-electron chi connectivity index (χ3n) is 5.49. The van der Waals surface area contributed by atoms with Crippen molar-refractivity contribution in [3.63, 3.8) is 0 Å². The van der Waals surface area contributed by atoms with Crippen molar-refractivity contribution >= 4 is 11.6 Å². The van der Waals surface area contributed by atoms with Crippen molar-refractivity contribution in [1.29, 1.82) is 0 Å². The minimum atomic E-state index is 0.0924. The molecule has 0 radical (unpaired) electrons. The van der Waals surface area contributed by atoms with Crippen LogP contribution in [-0.4, -0.2) is 71.4 Å². The second-order valence-corrected chi connectivity index (χ2v) is 7.86. The smallest absolute Gasteiger partial charge is 0.191 e. The maximum Gasteiger partial charge on any atom is 0.191 e. The first-order valence-electron chi connectivity index (χ1n) is 10.8. The van der Waals surface area contributed by atoms with E-state index in [4.69, 9.17) is 18.9 Å². The van der Waals surface area contributed by atoms with Crippen molar-refractivity contribution in [1.82, 2.24) is 15.5 Å². The van der Waals surface area contributed by atoms with E-state index in [1.807, 2.05) is 32.3 Å². The molecule has 1 aromatic carbocycles. The zero-order valence-electron chi connectivity index (χ0n) is 19.2. The van der Waals surface area contributed by atoms with E-state index in [1.165, 1.54) is 0 Å². The molecule has 0 saturated carbocycles. The van der Waals surface area contributed by atoms with Gasteiger partial charge in [0.05, 0.1) is 33.1 Å². The Morgan fingerprint density at radius 2 is 2.00 bits per heavy atom. The van der Waals surface area contributed by atoms with Gasteiger partial charge in [0, 0.05) is 49.6 Å². The standard InChI is InChI=1S/C23H35N5O3/c1-6-24-23(25-15-21(27(2)3)22-8-7-11-31-22)26-17-9-10-28(16-17)18-12-19(29-4)14-20(13-18)30-5/h7-8,11-14,17,21H,6,9-10,15-16H2,1-5H3,(H2,24,25,26).